The summed E-state index contributed by atoms with van der Waals surface area (Å²) < 4.78 is 6.55. The zero-order valence-corrected chi connectivity index (χ0v) is 20.0. The van der Waals surface area contributed by atoms with Gasteiger partial charge in [0.2, 0.25) is 5.91 Å². The van der Waals surface area contributed by atoms with Crippen LogP contribution in [0.4, 0.5) is 11.4 Å². The third-order valence-electron chi connectivity index (χ3n) is 5.64. The molecule has 0 aliphatic heterocycles. The highest BCUT2D eigenvalue weighted by Crippen LogP contribution is 2.29. The fraction of sp³-hybridized carbons (Fsp3) is 0.200. The van der Waals surface area contributed by atoms with Crippen LogP contribution >= 0.6 is 11.3 Å². The lowest BCUT2D eigenvalue weighted by Crippen LogP contribution is -2.31. The summed E-state index contributed by atoms with van der Waals surface area (Å²) in [7, 11) is 1.52. The molecule has 8 nitrogen and oxygen atoms in total. The number of carbonyl (C=O) groups is 2. The fourth-order valence-electron chi connectivity index (χ4n) is 3.63. The molecular weight excluding hydrogens is 452 g/mol. The molecule has 2 amide bonds. The minimum atomic E-state index is -0.835. The SMILES string of the molecule is COc1ccccc1NC(=O)C(C)n1cnc2sc(C(=O)Nc3ccccc3C)c(C)c2c1=O. The Balaban J connectivity index is 1.64. The van der Waals surface area contributed by atoms with Crippen LogP contribution in [0.15, 0.2) is 59.7 Å². The quantitative estimate of drug-likeness (QED) is 0.426. The Bertz CT molecular complexity index is 1460. The first-order valence-corrected chi connectivity index (χ1v) is 11.4. The first-order valence-electron chi connectivity index (χ1n) is 10.6. The average molecular weight is 477 g/mol. The number of carbonyl (C=O) groups excluding carboxylic acids is 2. The number of benzene rings is 2. The van der Waals surface area contributed by atoms with E-state index in [1.165, 1.54) is 18.0 Å². The van der Waals surface area contributed by atoms with Crippen molar-refractivity contribution in [3.05, 3.63) is 81.2 Å². The third-order valence-corrected chi connectivity index (χ3v) is 6.84. The molecule has 0 saturated carbocycles. The highest BCUT2D eigenvalue weighted by Gasteiger charge is 2.23. The summed E-state index contributed by atoms with van der Waals surface area (Å²) in [6.45, 7) is 5.25. The molecule has 2 aromatic carbocycles. The highest BCUT2D eigenvalue weighted by atomic mass is 32.1. The topological polar surface area (TPSA) is 102 Å². The van der Waals surface area contributed by atoms with Gasteiger partial charge >= 0.3 is 0 Å². The van der Waals surface area contributed by atoms with Crippen molar-refractivity contribution < 1.29 is 14.3 Å². The normalized spacial score (nSPS) is 11.8. The number of para-hydroxylation sites is 3. The Labute approximate surface area is 200 Å². The maximum Gasteiger partial charge on any atom is 0.266 e. The Kier molecular flexibility index (Phi) is 6.47. The van der Waals surface area contributed by atoms with Gasteiger partial charge < -0.3 is 15.4 Å². The van der Waals surface area contributed by atoms with Crippen molar-refractivity contribution in [3.8, 4) is 5.75 Å². The molecule has 0 spiro atoms. The maximum absolute atomic E-state index is 13.3. The number of hydrogen-bond donors (Lipinski definition) is 2. The fourth-order valence-corrected chi connectivity index (χ4v) is 4.67. The molecule has 0 aliphatic carbocycles. The van der Waals surface area contributed by atoms with Crippen molar-refractivity contribution in [2.24, 2.45) is 0 Å². The molecule has 1 unspecified atom stereocenters. The molecule has 2 N–H and O–H groups in total. The Morgan fingerprint density at radius 1 is 1.03 bits per heavy atom. The molecule has 4 aromatic rings. The summed E-state index contributed by atoms with van der Waals surface area (Å²) in [6, 6.07) is 13.7. The lowest BCUT2D eigenvalue weighted by atomic mass is 10.1. The number of nitrogens with zero attached hydrogens (tertiary/aromatic N) is 2. The van der Waals surface area contributed by atoms with Gasteiger partial charge in [0.05, 0.1) is 29.4 Å². The van der Waals surface area contributed by atoms with E-state index in [0.29, 0.717) is 37.8 Å². The number of nitrogens with one attached hydrogen (secondary N) is 2. The number of ether oxygens (including phenoxy) is 1. The summed E-state index contributed by atoms with van der Waals surface area (Å²) in [5, 5.41) is 6.03. The summed E-state index contributed by atoms with van der Waals surface area (Å²) in [5.41, 5.74) is 2.30. The summed E-state index contributed by atoms with van der Waals surface area (Å²) >= 11 is 1.15. The van der Waals surface area contributed by atoms with E-state index in [9.17, 15) is 14.4 Å². The number of anilines is 2. The van der Waals surface area contributed by atoms with Gasteiger partial charge in [0.25, 0.3) is 11.5 Å². The van der Waals surface area contributed by atoms with Crippen LogP contribution < -0.4 is 20.9 Å². The molecule has 4 rings (SSSR count). The van der Waals surface area contributed by atoms with Gasteiger partial charge in [-0.05, 0) is 50.1 Å². The summed E-state index contributed by atoms with van der Waals surface area (Å²) in [4.78, 5) is 44.4. The van der Waals surface area contributed by atoms with Crippen LogP contribution in [-0.4, -0.2) is 28.5 Å². The van der Waals surface area contributed by atoms with Gasteiger partial charge in [-0.1, -0.05) is 30.3 Å². The van der Waals surface area contributed by atoms with Gasteiger partial charge in [-0.2, -0.15) is 0 Å². The molecule has 174 valence electrons. The molecule has 0 fully saturated rings. The monoisotopic (exact) mass is 476 g/mol. The van der Waals surface area contributed by atoms with Gasteiger partial charge in [0.1, 0.15) is 16.6 Å². The number of aromatic nitrogens is 2. The highest BCUT2D eigenvalue weighted by molar-refractivity contribution is 7.20. The van der Waals surface area contributed by atoms with Crippen molar-refractivity contribution in [3.63, 3.8) is 0 Å². The summed E-state index contributed by atoms with van der Waals surface area (Å²) in [6.07, 6.45) is 1.34. The predicted molar refractivity (Wildman–Crippen MR) is 134 cm³/mol. The number of methoxy groups -OCH3 is 1. The van der Waals surface area contributed by atoms with Crippen molar-refractivity contribution >= 4 is 44.7 Å². The number of aryl methyl sites for hydroxylation is 2. The van der Waals surface area contributed by atoms with Crippen LogP contribution in [0.3, 0.4) is 0 Å². The van der Waals surface area contributed by atoms with E-state index in [2.05, 4.69) is 15.6 Å². The van der Waals surface area contributed by atoms with Gasteiger partial charge in [0.15, 0.2) is 0 Å². The lowest BCUT2D eigenvalue weighted by Gasteiger charge is -2.16. The van der Waals surface area contributed by atoms with E-state index in [0.717, 1.165) is 16.9 Å². The van der Waals surface area contributed by atoms with Crippen LogP contribution in [0.5, 0.6) is 5.75 Å². The van der Waals surface area contributed by atoms with Crippen LogP contribution in [-0.2, 0) is 4.79 Å². The van der Waals surface area contributed by atoms with E-state index in [1.54, 1.807) is 38.1 Å². The van der Waals surface area contributed by atoms with Gasteiger partial charge in [0, 0.05) is 5.69 Å². The average Bonchev–Trinajstić information content (AvgIpc) is 3.18. The number of rotatable bonds is 6. The molecule has 34 heavy (non-hydrogen) atoms. The second kappa shape index (κ2) is 9.48. The van der Waals surface area contributed by atoms with Crippen LogP contribution in [0.2, 0.25) is 0 Å². The second-order valence-electron chi connectivity index (χ2n) is 7.83. The Morgan fingerprint density at radius 2 is 1.71 bits per heavy atom. The minimum Gasteiger partial charge on any atom is -0.495 e. The van der Waals surface area contributed by atoms with E-state index < -0.39 is 11.9 Å². The second-order valence-corrected chi connectivity index (χ2v) is 8.83. The predicted octanol–water partition coefficient (Wildman–Crippen LogP) is 4.54. The molecule has 1 atom stereocenters. The molecule has 9 heteroatoms. The van der Waals surface area contributed by atoms with E-state index in [4.69, 9.17) is 4.74 Å². The minimum absolute atomic E-state index is 0.303. The molecule has 0 bridgehead atoms. The largest absolute Gasteiger partial charge is 0.495 e. The van der Waals surface area contributed by atoms with Crippen molar-refractivity contribution in [1.82, 2.24) is 9.55 Å². The molecule has 0 aliphatic rings. The lowest BCUT2D eigenvalue weighted by molar-refractivity contribution is -0.118. The Morgan fingerprint density at radius 3 is 2.41 bits per heavy atom. The van der Waals surface area contributed by atoms with Crippen molar-refractivity contribution in [1.29, 1.82) is 0 Å². The number of thiophene rings is 1. The first-order chi connectivity index (χ1) is 16.3. The molecular formula is C25H24N4O4S. The van der Waals surface area contributed by atoms with E-state index >= 15 is 0 Å². The van der Waals surface area contributed by atoms with E-state index in [1.807, 2.05) is 31.2 Å². The standard InChI is InChI=1S/C25H24N4O4S/c1-14-9-5-6-10-17(14)27-23(31)21-15(2)20-24(34-21)26-13-29(25(20)32)16(3)22(30)28-18-11-7-8-12-19(18)33-4/h5-13,16H,1-4H3,(H,27,31)(H,28,30). The van der Waals surface area contributed by atoms with Gasteiger partial charge in [-0.3, -0.25) is 19.0 Å². The van der Waals surface area contributed by atoms with Crippen molar-refractivity contribution in [2.75, 3.05) is 17.7 Å². The molecule has 2 heterocycles. The van der Waals surface area contributed by atoms with Gasteiger partial charge in [-0.15, -0.1) is 11.3 Å². The number of amides is 2. The first kappa shape index (κ1) is 23.2. The summed E-state index contributed by atoms with van der Waals surface area (Å²) in [5.74, 6) is -0.178. The molecule has 0 radical (unpaired) electrons. The maximum atomic E-state index is 13.3. The van der Waals surface area contributed by atoms with Crippen molar-refractivity contribution in [2.45, 2.75) is 26.8 Å². The third kappa shape index (κ3) is 4.29. The molecule has 2 aromatic heterocycles. The Hall–Kier alpha value is -3.98. The van der Waals surface area contributed by atoms with Gasteiger partial charge in [-0.25, -0.2) is 4.98 Å². The smallest absolute Gasteiger partial charge is 0.266 e. The number of fused-ring (bicyclic) bond motifs is 1. The van der Waals surface area contributed by atoms with Crippen LogP contribution in [0, 0.1) is 13.8 Å². The molecule has 0 saturated heterocycles. The zero-order chi connectivity index (χ0) is 24.4. The van der Waals surface area contributed by atoms with E-state index in [-0.39, 0.29) is 11.5 Å². The van der Waals surface area contributed by atoms with Crippen LogP contribution in [0.1, 0.15) is 33.8 Å². The van der Waals surface area contributed by atoms with Crippen LogP contribution in [0.25, 0.3) is 10.2 Å². The zero-order valence-electron chi connectivity index (χ0n) is 19.2. The number of hydrogen-bond acceptors (Lipinski definition) is 6.